The van der Waals surface area contributed by atoms with Crippen molar-refractivity contribution in [3.63, 3.8) is 0 Å². The summed E-state index contributed by atoms with van der Waals surface area (Å²) < 4.78 is 0. The lowest BCUT2D eigenvalue weighted by Crippen LogP contribution is -2.24. The average molecular weight is 382 g/mol. The Balaban J connectivity index is 1.69. The van der Waals surface area contributed by atoms with Crippen molar-refractivity contribution in [2.24, 2.45) is 0 Å². The number of likely N-dealkylation sites (N-methyl/N-ethyl adjacent to an activating group) is 1. The van der Waals surface area contributed by atoms with Gasteiger partial charge < -0.3 is 10.2 Å². The first-order chi connectivity index (χ1) is 13.0. The molecule has 0 aliphatic rings. The van der Waals surface area contributed by atoms with Crippen LogP contribution in [-0.2, 0) is 6.42 Å². The second-order valence-corrected chi connectivity index (χ2v) is 6.54. The van der Waals surface area contributed by atoms with E-state index >= 15 is 0 Å². The third kappa shape index (κ3) is 4.80. The van der Waals surface area contributed by atoms with Gasteiger partial charge in [0.15, 0.2) is 0 Å². The highest BCUT2D eigenvalue weighted by molar-refractivity contribution is 6.31. The Bertz CT molecular complexity index is 933. The molecule has 1 N–H and O–H groups in total. The predicted molar refractivity (Wildman–Crippen MR) is 107 cm³/mol. The van der Waals surface area contributed by atoms with Crippen molar-refractivity contribution < 1.29 is 4.79 Å². The number of nitrogens with zero attached hydrogens (tertiary/aromatic N) is 4. The molecule has 138 valence electrons. The number of pyridine rings is 1. The molecule has 0 atom stereocenters. The number of anilines is 2. The lowest BCUT2D eigenvalue weighted by atomic mass is 10.2. The fourth-order valence-corrected chi connectivity index (χ4v) is 2.71. The molecule has 0 saturated carbocycles. The van der Waals surface area contributed by atoms with Crippen LogP contribution in [0.25, 0.3) is 0 Å². The van der Waals surface area contributed by atoms with Crippen molar-refractivity contribution in [2.45, 2.75) is 13.3 Å². The van der Waals surface area contributed by atoms with Gasteiger partial charge in [-0.3, -0.25) is 9.78 Å². The molecule has 0 saturated heterocycles. The number of amides is 1. The van der Waals surface area contributed by atoms with Crippen LogP contribution in [0.1, 0.15) is 21.6 Å². The zero-order valence-corrected chi connectivity index (χ0v) is 15.9. The van der Waals surface area contributed by atoms with E-state index in [0.717, 1.165) is 18.5 Å². The minimum Gasteiger partial charge on any atom is -0.344 e. The molecule has 1 aromatic carbocycles. The monoisotopic (exact) mass is 381 g/mol. The van der Waals surface area contributed by atoms with E-state index in [2.05, 4.69) is 20.3 Å². The van der Waals surface area contributed by atoms with Crippen LogP contribution < -0.4 is 10.2 Å². The molecule has 0 aliphatic carbocycles. The predicted octanol–water partition coefficient (Wildman–Crippen LogP) is 3.76. The molecule has 0 fully saturated rings. The van der Waals surface area contributed by atoms with E-state index in [-0.39, 0.29) is 5.91 Å². The third-order valence-electron chi connectivity index (χ3n) is 4.22. The molecular formula is C20H20ClN5O. The van der Waals surface area contributed by atoms with Crippen LogP contribution in [0.3, 0.4) is 0 Å². The number of rotatable bonds is 6. The van der Waals surface area contributed by atoms with Crippen LogP contribution in [0.5, 0.6) is 0 Å². The zero-order chi connectivity index (χ0) is 19.2. The summed E-state index contributed by atoms with van der Waals surface area (Å²) in [5.41, 5.74) is 2.97. The summed E-state index contributed by atoms with van der Waals surface area (Å²) in [5.74, 6) is 0.200. The molecule has 0 bridgehead atoms. The van der Waals surface area contributed by atoms with Gasteiger partial charge in [0.2, 0.25) is 5.95 Å². The molecule has 2 heterocycles. The van der Waals surface area contributed by atoms with Gasteiger partial charge >= 0.3 is 0 Å². The van der Waals surface area contributed by atoms with Gasteiger partial charge in [-0.2, -0.15) is 0 Å². The number of carbonyl (C=O) groups excluding carboxylic acids is 1. The van der Waals surface area contributed by atoms with Crippen molar-refractivity contribution in [2.75, 3.05) is 23.8 Å². The van der Waals surface area contributed by atoms with Gasteiger partial charge in [0.05, 0.1) is 0 Å². The fourth-order valence-electron chi connectivity index (χ4n) is 2.53. The average Bonchev–Trinajstić information content (AvgIpc) is 2.70. The molecule has 2 aromatic heterocycles. The maximum Gasteiger partial charge on any atom is 0.274 e. The number of benzene rings is 1. The summed E-state index contributed by atoms with van der Waals surface area (Å²) in [6.07, 6.45) is 5.97. The second-order valence-electron chi connectivity index (χ2n) is 6.14. The van der Waals surface area contributed by atoms with Gasteiger partial charge in [-0.1, -0.05) is 17.7 Å². The van der Waals surface area contributed by atoms with Gasteiger partial charge in [-0.25, -0.2) is 9.97 Å². The van der Waals surface area contributed by atoms with Gasteiger partial charge in [-0.15, -0.1) is 0 Å². The number of hydrogen-bond acceptors (Lipinski definition) is 5. The molecule has 7 heteroatoms. The van der Waals surface area contributed by atoms with Crippen LogP contribution in [0.15, 0.2) is 55.0 Å². The van der Waals surface area contributed by atoms with Gasteiger partial charge in [0.1, 0.15) is 5.69 Å². The van der Waals surface area contributed by atoms with Crippen molar-refractivity contribution >= 4 is 29.1 Å². The fraction of sp³-hybridized carbons (Fsp3) is 0.200. The quantitative estimate of drug-likeness (QED) is 0.703. The maximum absolute atomic E-state index is 12.6. The molecule has 0 aliphatic heterocycles. The Hall–Kier alpha value is -2.99. The highest BCUT2D eigenvalue weighted by atomic mass is 35.5. The molecule has 3 aromatic rings. The standard InChI is InChI=1S/C20H20ClN5O/c1-14-16(21)4-3-5-17(14)24-19(27)18-8-12-23-20(25-18)26(2)13-9-15-6-10-22-11-7-15/h3-8,10-12H,9,13H2,1-2H3,(H,24,27). The van der Waals surface area contributed by atoms with E-state index < -0.39 is 0 Å². The van der Waals surface area contributed by atoms with Crippen molar-refractivity contribution in [3.05, 3.63) is 76.8 Å². The van der Waals surface area contributed by atoms with Gasteiger partial charge in [-0.05, 0) is 54.8 Å². The number of aromatic nitrogens is 3. The SMILES string of the molecule is Cc1c(Cl)cccc1NC(=O)c1ccnc(N(C)CCc2ccncc2)n1. The Morgan fingerprint density at radius 2 is 1.93 bits per heavy atom. The van der Waals surface area contributed by atoms with Crippen LogP contribution in [0.4, 0.5) is 11.6 Å². The van der Waals surface area contributed by atoms with Crippen LogP contribution in [-0.4, -0.2) is 34.5 Å². The lowest BCUT2D eigenvalue weighted by Gasteiger charge is -2.17. The first-order valence-electron chi connectivity index (χ1n) is 8.54. The van der Waals surface area contributed by atoms with E-state index in [4.69, 9.17) is 11.6 Å². The first-order valence-corrected chi connectivity index (χ1v) is 8.92. The molecule has 27 heavy (non-hydrogen) atoms. The number of halogens is 1. The summed E-state index contributed by atoms with van der Waals surface area (Å²) in [7, 11) is 1.90. The van der Waals surface area contributed by atoms with Crippen molar-refractivity contribution in [1.82, 2.24) is 15.0 Å². The number of hydrogen-bond donors (Lipinski definition) is 1. The van der Waals surface area contributed by atoms with E-state index in [1.54, 1.807) is 36.8 Å². The minimum absolute atomic E-state index is 0.299. The van der Waals surface area contributed by atoms with E-state index in [9.17, 15) is 4.79 Å². The normalized spacial score (nSPS) is 10.5. The summed E-state index contributed by atoms with van der Waals surface area (Å²) in [6, 6.07) is 10.9. The number of carbonyl (C=O) groups is 1. The Morgan fingerprint density at radius 3 is 2.70 bits per heavy atom. The maximum atomic E-state index is 12.6. The molecular weight excluding hydrogens is 362 g/mol. The molecule has 3 rings (SSSR count). The number of nitrogens with one attached hydrogen (secondary N) is 1. The topological polar surface area (TPSA) is 71.0 Å². The molecule has 1 amide bonds. The zero-order valence-electron chi connectivity index (χ0n) is 15.2. The molecule has 0 radical (unpaired) electrons. The van der Waals surface area contributed by atoms with E-state index in [1.165, 1.54) is 5.56 Å². The summed E-state index contributed by atoms with van der Waals surface area (Å²) >= 11 is 6.11. The highest BCUT2D eigenvalue weighted by Gasteiger charge is 2.13. The van der Waals surface area contributed by atoms with Gasteiger partial charge in [0.25, 0.3) is 5.91 Å². The summed E-state index contributed by atoms with van der Waals surface area (Å²) in [5, 5.41) is 3.46. The summed E-state index contributed by atoms with van der Waals surface area (Å²) in [4.78, 5) is 27.2. The second kappa shape index (κ2) is 8.60. The Kier molecular flexibility index (Phi) is 5.98. The molecule has 0 spiro atoms. The van der Waals surface area contributed by atoms with E-state index in [1.807, 2.05) is 37.1 Å². The smallest absolute Gasteiger partial charge is 0.274 e. The summed E-state index contributed by atoms with van der Waals surface area (Å²) in [6.45, 7) is 2.58. The van der Waals surface area contributed by atoms with Crippen LogP contribution in [0.2, 0.25) is 5.02 Å². The van der Waals surface area contributed by atoms with Crippen LogP contribution in [0, 0.1) is 6.92 Å². The van der Waals surface area contributed by atoms with E-state index in [0.29, 0.717) is 22.4 Å². The Labute approximate surface area is 163 Å². The van der Waals surface area contributed by atoms with Crippen LogP contribution >= 0.6 is 11.6 Å². The molecule has 0 unspecified atom stereocenters. The van der Waals surface area contributed by atoms with Crippen molar-refractivity contribution in [1.29, 1.82) is 0 Å². The lowest BCUT2D eigenvalue weighted by molar-refractivity contribution is 0.102. The minimum atomic E-state index is -0.299. The Morgan fingerprint density at radius 1 is 1.15 bits per heavy atom. The third-order valence-corrected chi connectivity index (χ3v) is 4.63. The molecule has 6 nitrogen and oxygen atoms in total. The first kappa shape index (κ1) is 18.8. The van der Waals surface area contributed by atoms with Gasteiger partial charge in [0, 0.05) is 42.9 Å². The largest absolute Gasteiger partial charge is 0.344 e. The highest BCUT2D eigenvalue weighted by Crippen LogP contribution is 2.23. The van der Waals surface area contributed by atoms with Crippen molar-refractivity contribution in [3.8, 4) is 0 Å².